The lowest BCUT2D eigenvalue weighted by molar-refractivity contribution is 0.911. The predicted octanol–water partition coefficient (Wildman–Crippen LogP) is 2.45. The van der Waals surface area contributed by atoms with Crippen LogP contribution in [0.2, 0.25) is 0 Å². The first-order valence-corrected chi connectivity index (χ1v) is 6.21. The summed E-state index contributed by atoms with van der Waals surface area (Å²) in [5, 5.41) is 4.07. The van der Waals surface area contributed by atoms with E-state index in [-0.39, 0.29) is 5.16 Å². The molecule has 0 aromatic carbocycles. The number of pyridine rings is 1. The zero-order valence-corrected chi connectivity index (χ0v) is 10.8. The van der Waals surface area contributed by atoms with Crippen molar-refractivity contribution in [3.05, 3.63) is 41.8 Å². The van der Waals surface area contributed by atoms with Gasteiger partial charge in [0.25, 0.3) is 0 Å². The first-order valence-electron chi connectivity index (χ1n) is 4.84. The van der Waals surface area contributed by atoms with Crippen LogP contribution in [0, 0.1) is 12.3 Å². The molecule has 17 heavy (non-hydrogen) atoms. The molecule has 1 aromatic rings. The van der Waals surface area contributed by atoms with Crippen LogP contribution in [0.4, 0.5) is 0 Å². The van der Waals surface area contributed by atoms with Crippen molar-refractivity contribution in [1.29, 1.82) is 0 Å². The van der Waals surface area contributed by atoms with Gasteiger partial charge < -0.3 is 0 Å². The van der Waals surface area contributed by atoms with Crippen LogP contribution < -0.4 is 5.32 Å². The van der Waals surface area contributed by atoms with Gasteiger partial charge in [0.2, 0.25) is 0 Å². The number of aromatic nitrogens is 1. The fourth-order valence-corrected chi connectivity index (χ4v) is 1.96. The molecule has 1 N–H and O–H groups in total. The molecule has 1 heterocycles. The summed E-state index contributed by atoms with van der Waals surface area (Å²) in [5.74, 6) is 3.16. The number of rotatable bonds is 5. The largest absolute Gasteiger partial charge is 0.297 e. The zero-order valence-electron chi connectivity index (χ0n) is 9.19. The average Bonchev–Trinajstić information content (AvgIpc) is 2.34. The van der Waals surface area contributed by atoms with Crippen LogP contribution in [0.1, 0.15) is 5.56 Å². The summed E-state index contributed by atoms with van der Waals surface area (Å²) in [6.45, 7) is 4.08. The molecule has 0 fully saturated rings. The number of nitrogens with zero attached hydrogens (tertiary/aromatic N) is 2. The van der Waals surface area contributed by atoms with Crippen LogP contribution in [-0.2, 0) is 0 Å². The molecule has 0 aliphatic rings. The molecule has 0 saturated carbocycles. The Hall–Kier alpha value is -1.28. The molecule has 1 aromatic heterocycles. The second-order valence-electron chi connectivity index (χ2n) is 2.95. The second kappa shape index (κ2) is 7.91. The normalized spacial score (nSPS) is 10.9. The summed E-state index contributed by atoms with van der Waals surface area (Å²) in [7, 11) is 0. The molecule has 1 rings (SSSR count). The summed E-state index contributed by atoms with van der Waals surface area (Å²) >= 11 is 7.20. The van der Waals surface area contributed by atoms with Crippen molar-refractivity contribution < 1.29 is 0 Å². The SMILES string of the molecule is C#CCNCSC(=NC(=C)Cl)c1cccnc1. The third-order valence-corrected chi connectivity index (χ3v) is 2.70. The topological polar surface area (TPSA) is 37.3 Å². The highest BCUT2D eigenvalue weighted by molar-refractivity contribution is 8.14. The lowest BCUT2D eigenvalue weighted by atomic mass is 10.3. The van der Waals surface area contributed by atoms with E-state index in [1.54, 1.807) is 12.4 Å². The quantitative estimate of drug-likeness (QED) is 0.222. The molecule has 3 nitrogen and oxygen atoms in total. The van der Waals surface area contributed by atoms with Crippen LogP contribution in [0.25, 0.3) is 0 Å². The van der Waals surface area contributed by atoms with Crippen LogP contribution in [-0.4, -0.2) is 22.4 Å². The fourth-order valence-electron chi connectivity index (χ4n) is 1.02. The molecular weight excluding hydrogens is 254 g/mol. The lowest BCUT2D eigenvalue weighted by Gasteiger charge is -2.05. The van der Waals surface area contributed by atoms with Crippen LogP contribution in [0.3, 0.4) is 0 Å². The summed E-state index contributed by atoms with van der Waals surface area (Å²) in [6, 6.07) is 3.76. The Morgan fingerprint density at radius 1 is 1.71 bits per heavy atom. The van der Waals surface area contributed by atoms with Crippen LogP contribution in [0.15, 0.2) is 41.3 Å². The minimum absolute atomic E-state index is 0.244. The van der Waals surface area contributed by atoms with Gasteiger partial charge >= 0.3 is 0 Å². The van der Waals surface area contributed by atoms with Crippen LogP contribution in [0.5, 0.6) is 0 Å². The average molecular weight is 266 g/mol. The molecule has 0 bridgehead atoms. The van der Waals surface area contributed by atoms with Crippen LogP contribution >= 0.6 is 23.4 Å². The highest BCUT2D eigenvalue weighted by Gasteiger charge is 2.04. The lowest BCUT2D eigenvalue weighted by Crippen LogP contribution is -2.14. The van der Waals surface area contributed by atoms with E-state index in [9.17, 15) is 0 Å². The van der Waals surface area contributed by atoms with Gasteiger partial charge in [0.05, 0.1) is 6.54 Å². The van der Waals surface area contributed by atoms with E-state index in [1.807, 2.05) is 12.1 Å². The van der Waals surface area contributed by atoms with E-state index in [2.05, 4.69) is 27.8 Å². The molecule has 0 unspecified atom stereocenters. The molecule has 0 atom stereocenters. The van der Waals surface area contributed by atoms with Crippen molar-refractivity contribution in [2.45, 2.75) is 0 Å². The summed E-state index contributed by atoms with van der Waals surface area (Å²) in [4.78, 5) is 8.20. The molecule has 0 spiro atoms. The molecule has 0 saturated heterocycles. The fraction of sp³-hybridized carbons (Fsp3) is 0.167. The number of hydrogen-bond acceptors (Lipinski definition) is 4. The van der Waals surface area contributed by atoms with E-state index in [0.29, 0.717) is 12.4 Å². The Morgan fingerprint density at radius 2 is 2.53 bits per heavy atom. The number of thioether (sulfide) groups is 1. The zero-order chi connectivity index (χ0) is 12.5. The molecular formula is C12H12ClN3S. The van der Waals surface area contributed by atoms with Gasteiger partial charge in [0.1, 0.15) is 10.2 Å². The molecule has 5 heteroatoms. The molecule has 88 valence electrons. The Labute approximate surface area is 110 Å². The molecule has 0 amide bonds. The van der Waals surface area contributed by atoms with Gasteiger partial charge in [0, 0.05) is 23.8 Å². The van der Waals surface area contributed by atoms with Gasteiger partial charge in [0.15, 0.2) is 0 Å². The first-order chi connectivity index (χ1) is 8.24. The van der Waals surface area contributed by atoms with E-state index in [4.69, 9.17) is 18.0 Å². The number of hydrogen-bond donors (Lipinski definition) is 1. The van der Waals surface area contributed by atoms with E-state index >= 15 is 0 Å². The standard InChI is InChI=1S/C12H12ClN3S/c1-3-6-15-9-17-12(16-10(2)13)11-5-4-7-14-8-11/h1,4-5,7-8,15H,2,6,9H2. The maximum absolute atomic E-state index is 5.69. The van der Waals surface area contributed by atoms with Crippen molar-refractivity contribution in [3.63, 3.8) is 0 Å². The van der Waals surface area contributed by atoms with E-state index in [1.165, 1.54) is 11.8 Å². The van der Waals surface area contributed by atoms with Gasteiger partial charge in [-0.1, -0.05) is 35.9 Å². The number of halogens is 1. The third kappa shape index (κ3) is 5.55. The van der Waals surface area contributed by atoms with Gasteiger partial charge in [-0.3, -0.25) is 10.3 Å². The Morgan fingerprint density at radius 3 is 3.12 bits per heavy atom. The van der Waals surface area contributed by atoms with Crippen molar-refractivity contribution in [2.75, 3.05) is 12.4 Å². The molecule has 0 aliphatic heterocycles. The van der Waals surface area contributed by atoms with Crippen molar-refractivity contribution >= 4 is 28.4 Å². The van der Waals surface area contributed by atoms with Crippen molar-refractivity contribution in [1.82, 2.24) is 10.3 Å². The summed E-state index contributed by atoms with van der Waals surface area (Å²) in [5.41, 5.74) is 0.904. The minimum atomic E-state index is 0.244. The van der Waals surface area contributed by atoms with Gasteiger partial charge in [-0.2, -0.15) is 0 Å². The molecule has 0 aliphatic carbocycles. The minimum Gasteiger partial charge on any atom is -0.297 e. The Balaban J connectivity index is 2.70. The summed E-state index contributed by atoms with van der Waals surface area (Å²) in [6.07, 6.45) is 8.58. The second-order valence-corrected chi connectivity index (χ2v) is 4.35. The summed E-state index contributed by atoms with van der Waals surface area (Å²) < 4.78 is 0. The molecule has 0 radical (unpaired) electrons. The maximum atomic E-state index is 5.69. The number of terminal acetylenes is 1. The smallest absolute Gasteiger partial charge is 0.123 e. The van der Waals surface area contributed by atoms with Crippen molar-refractivity contribution in [3.8, 4) is 12.3 Å². The van der Waals surface area contributed by atoms with E-state index < -0.39 is 0 Å². The van der Waals surface area contributed by atoms with Gasteiger partial charge in [-0.15, -0.1) is 6.42 Å². The van der Waals surface area contributed by atoms with E-state index in [0.717, 1.165) is 10.6 Å². The number of aliphatic imine (C=N–C) groups is 1. The Bertz CT molecular complexity index is 437. The third-order valence-electron chi connectivity index (χ3n) is 1.67. The highest BCUT2D eigenvalue weighted by atomic mass is 35.5. The van der Waals surface area contributed by atoms with Gasteiger partial charge in [-0.05, 0) is 12.1 Å². The van der Waals surface area contributed by atoms with Gasteiger partial charge in [-0.25, -0.2) is 4.99 Å². The Kier molecular flexibility index (Phi) is 6.41. The number of nitrogens with one attached hydrogen (secondary N) is 1. The maximum Gasteiger partial charge on any atom is 0.123 e. The predicted molar refractivity (Wildman–Crippen MR) is 75.1 cm³/mol. The van der Waals surface area contributed by atoms with Crippen molar-refractivity contribution in [2.24, 2.45) is 4.99 Å². The first kappa shape index (κ1) is 13.8. The monoisotopic (exact) mass is 265 g/mol. The highest BCUT2D eigenvalue weighted by Crippen LogP contribution is 2.15.